The van der Waals surface area contributed by atoms with Crippen molar-refractivity contribution in [2.45, 2.75) is 32.7 Å². The zero-order valence-corrected chi connectivity index (χ0v) is 20.8. The van der Waals surface area contributed by atoms with Gasteiger partial charge in [-0.15, -0.1) is 0 Å². The van der Waals surface area contributed by atoms with Crippen molar-refractivity contribution in [2.75, 3.05) is 10.2 Å². The van der Waals surface area contributed by atoms with E-state index in [2.05, 4.69) is 19.2 Å². The lowest BCUT2D eigenvalue weighted by atomic mass is 9.73. The van der Waals surface area contributed by atoms with Gasteiger partial charge in [0.05, 0.1) is 17.4 Å². The number of carbonyl (C=O) groups is 2. The van der Waals surface area contributed by atoms with Crippen LogP contribution in [0.3, 0.4) is 0 Å². The number of Topliss-reactive ketones (excluding diaryl/α,β-unsaturated/α-hetero) is 1. The molecule has 0 aromatic heterocycles. The summed E-state index contributed by atoms with van der Waals surface area (Å²) in [6, 6.07) is 17.1. The molecule has 5 rings (SSSR count). The smallest absolute Gasteiger partial charge is 0.259 e. The van der Waals surface area contributed by atoms with E-state index in [0.717, 1.165) is 5.70 Å². The first-order valence-electron chi connectivity index (χ1n) is 11.3. The third-order valence-electron chi connectivity index (χ3n) is 6.47. The quantitative estimate of drug-likeness (QED) is 0.387. The molecule has 0 fully saturated rings. The molecule has 1 aliphatic carbocycles. The second-order valence-corrected chi connectivity index (χ2v) is 10.6. The minimum absolute atomic E-state index is 0.0514. The topological polar surface area (TPSA) is 49.4 Å². The van der Waals surface area contributed by atoms with Crippen LogP contribution in [0.2, 0.25) is 10.0 Å². The number of ketones is 1. The van der Waals surface area contributed by atoms with Gasteiger partial charge in [-0.25, -0.2) is 4.39 Å². The van der Waals surface area contributed by atoms with Gasteiger partial charge in [-0.2, -0.15) is 0 Å². The largest absolute Gasteiger partial charge is 0.357 e. The van der Waals surface area contributed by atoms with E-state index in [1.807, 2.05) is 24.3 Å². The molecule has 3 aromatic carbocycles. The van der Waals surface area contributed by atoms with Crippen LogP contribution in [-0.4, -0.2) is 11.7 Å². The van der Waals surface area contributed by atoms with Crippen LogP contribution in [0.1, 0.15) is 48.7 Å². The average molecular weight is 509 g/mol. The Morgan fingerprint density at radius 3 is 2.46 bits per heavy atom. The minimum Gasteiger partial charge on any atom is -0.357 e. The zero-order valence-electron chi connectivity index (χ0n) is 19.2. The highest BCUT2D eigenvalue weighted by molar-refractivity contribution is 6.35. The third kappa shape index (κ3) is 4.35. The van der Waals surface area contributed by atoms with Crippen molar-refractivity contribution in [2.24, 2.45) is 5.41 Å². The van der Waals surface area contributed by atoms with Crippen molar-refractivity contribution in [3.05, 3.63) is 105 Å². The molecule has 1 heterocycles. The number of para-hydroxylation sites is 2. The SMILES string of the molecule is CC1(C)CC(=O)C2=C(C1)Nc1ccccc1N(C(=O)c1ccc(F)cc1)[C@@H]2c1ccc(Cl)cc1Cl. The molecule has 4 nitrogen and oxygen atoms in total. The van der Waals surface area contributed by atoms with E-state index in [4.69, 9.17) is 23.2 Å². The predicted octanol–water partition coefficient (Wildman–Crippen LogP) is 7.59. The van der Waals surface area contributed by atoms with Crippen molar-refractivity contribution in [1.29, 1.82) is 0 Å². The Labute approximate surface area is 213 Å². The first-order valence-corrected chi connectivity index (χ1v) is 12.1. The number of rotatable bonds is 2. The number of anilines is 2. The summed E-state index contributed by atoms with van der Waals surface area (Å²) in [4.78, 5) is 29.4. The van der Waals surface area contributed by atoms with Crippen molar-refractivity contribution in [3.63, 3.8) is 0 Å². The van der Waals surface area contributed by atoms with Crippen LogP contribution >= 0.6 is 23.2 Å². The Kier molecular flexibility index (Phi) is 5.94. The van der Waals surface area contributed by atoms with E-state index in [1.54, 1.807) is 23.1 Å². The summed E-state index contributed by atoms with van der Waals surface area (Å²) in [6.07, 6.45) is 0.965. The number of nitrogens with zero attached hydrogens (tertiary/aromatic N) is 1. The number of amides is 1. The highest BCUT2D eigenvalue weighted by Crippen LogP contribution is 2.49. The number of benzene rings is 3. The van der Waals surface area contributed by atoms with Gasteiger partial charge in [-0.1, -0.05) is 55.2 Å². The Morgan fingerprint density at radius 2 is 1.74 bits per heavy atom. The summed E-state index contributed by atoms with van der Waals surface area (Å²) < 4.78 is 13.7. The van der Waals surface area contributed by atoms with Crippen molar-refractivity contribution < 1.29 is 14.0 Å². The van der Waals surface area contributed by atoms with E-state index in [0.29, 0.717) is 51.0 Å². The molecule has 35 heavy (non-hydrogen) atoms. The lowest BCUT2D eigenvalue weighted by Crippen LogP contribution is -2.39. The molecule has 0 bridgehead atoms. The number of hydrogen-bond donors (Lipinski definition) is 1. The lowest BCUT2D eigenvalue weighted by molar-refractivity contribution is -0.118. The molecule has 178 valence electrons. The van der Waals surface area contributed by atoms with Gasteiger partial charge in [0.2, 0.25) is 0 Å². The second kappa shape index (κ2) is 8.81. The van der Waals surface area contributed by atoms with Crippen LogP contribution in [0.5, 0.6) is 0 Å². The molecular formula is C28H23Cl2FN2O2. The van der Waals surface area contributed by atoms with Crippen molar-refractivity contribution in [3.8, 4) is 0 Å². The monoisotopic (exact) mass is 508 g/mol. The zero-order chi connectivity index (χ0) is 24.9. The lowest BCUT2D eigenvalue weighted by Gasteiger charge is -2.37. The van der Waals surface area contributed by atoms with Gasteiger partial charge < -0.3 is 5.32 Å². The maximum Gasteiger partial charge on any atom is 0.259 e. The van der Waals surface area contributed by atoms with E-state index >= 15 is 0 Å². The van der Waals surface area contributed by atoms with E-state index < -0.39 is 11.9 Å². The van der Waals surface area contributed by atoms with Crippen molar-refractivity contribution in [1.82, 2.24) is 0 Å². The highest BCUT2D eigenvalue weighted by Gasteiger charge is 2.44. The van der Waals surface area contributed by atoms with Gasteiger partial charge in [0, 0.05) is 33.3 Å². The molecule has 1 amide bonds. The van der Waals surface area contributed by atoms with Crippen LogP contribution in [0, 0.1) is 11.2 Å². The normalized spacial score (nSPS) is 18.9. The highest BCUT2D eigenvalue weighted by atomic mass is 35.5. The number of allylic oxidation sites excluding steroid dienone is 1. The molecule has 1 aliphatic heterocycles. The molecule has 0 unspecified atom stereocenters. The molecule has 3 aromatic rings. The third-order valence-corrected chi connectivity index (χ3v) is 7.03. The fourth-order valence-corrected chi connectivity index (χ4v) is 5.47. The number of nitrogens with one attached hydrogen (secondary N) is 1. The minimum atomic E-state index is -0.799. The molecule has 7 heteroatoms. The molecule has 0 saturated heterocycles. The number of fused-ring (bicyclic) bond motifs is 1. The van der Waals surface area contributed by atoms with Gasteiger partial charge in [0.25, 0.3) is 5.91 Å². The van der Waals surface area contributed by atoms with Crippen molar-refractivity contribution >= 4 is 46.3 Å². The van der Waals surface area contributed by atoms with Gasteiger partial charge in [-0.05, 0) is 65.9 Å². The molecule has 0 saturated carbocycles. The maximum absolute atomic E-state index is 14.1. The standard InChI is InChI=1S/C28H23Cl2FN2O2/c1-28(2)14-22-25(24(34)15-28)26(19-12-9-17(29)13-20(19)30)33(23-6-4-3-5-21(23)32-22)27(35)16-7-10-18(31)11-8-16/h3-13,26,32H,14-15H2,1-2H3/t26-/m1/s1. The first kappa shape index (κ1) is 23.6. The molecule has 1 N–H and O–H groups in total. The number of halogens is 3. The van der Waals surface area contributed by atoms with Crippen LogP contribution in [0.4, 0.5) is 15.8 Å². The summed E-state index contributed by atoms with van der Waals surface area (Å²) in [5, 5.41) is 4.26. The Morgan fingerprint density at radius 1 is 1.03 bits per heavy atom. The number of carbonyl (C=O) groups excluding carboxylic acids is 2. The fourth-order valence-electron chi connectivity index (χ4n) is 4.96. The van der Waals surface area contributed by atoms with E-state index in [9.17, 15) is 14.0 Å². The van der Waals surface area contributed by atoms with Gasteiger partial charge in [0.1, 0.15) is 5.82 Å². The average Bonchev–Trinajstić information content (AvgIpc) is 2.92. The Hall–Kier alpha value is -3.15. The summed E-state index contributed by atoms with van der Waals surface area (Å²) in [5.74, 6) is -0.863. The summed E-state index contributed by atoms with van der Waals surface area (Å²) in [7, 11) is 0. The van der Waals surface area contributed by atoms with Crippen LogP contribution in [0.15, 0.2) is 78.0 Å². The number of hydrogen-bond acceptors (Lipinski definition) is 3. The summed E-state index contributed by atoms with van der Waals surface area (Å²) in [6.45, 7) is 4.11. The first-order chi connectivity index (χ1) is 16.6. The van der Waals surface area contributed by atoms with E-state index in [1.165, 1.54) is 24.3 Å². The molecule has 2 aliphatic rings. The second-order valence-electron chi connectivity index (χ2n) is 9.73. The molecule has 1 atom stereocenters. The molecular weight excluding hydrogens is 486 g/mol. The molecule has 0 spiro atoms. The summed E-state index contributed by atoms with van der Waals surface area (Å²) in [5.41, 5.74) is 3.20. The van der Waals surface area contributed by atoms with Crippen LogP contribution < -0.4 is 10.2 Å². The van der Waals surface area contributed by atoms with Crippen LogP contribution in [0.25, 0.3) is 0 Å². The Bertz CT molecular complexity index is 1380. The van der Waals surface area contributed by atoms with Gasteiger partial charge in [-0.3, -0.25) is 14.5 Å². The Balaban J connectivity index is 1.81. The maximum atomic E-state index is 14.1. The van der Waals surface area contributed by atoms with Gasteiger partial charge in [0.15, 0.2) is 5.78 Å². The summed E-state index contributed by atoms with van der Waals surface area (Å²) >= 11 is 12.9. The molecule has 0 radical (unpaired) electrons. The van der Waals surface area contributed by atoms with E-state index in [-0.39, 0.29) is 17.1 Å². The van der Waals surface area contributed by atoms with Crippen LogP contribution in [-0.2, 0) is 4.79 Å². The van der Waals surface area contributed by atoms with Gasteiger partial charge >= 0.3 is 0 Å². The fraction of sp³-hybridized carbons (Fsp3) is 0.214. The predicted molar refractivity (Wildman–Crippen MR) is 138 cm³/mol.